The van der Waals surface area contributed by atoms with E-state index in [1.807, 2.05) is 4.68 Å². The number of tetrazole rings is 1. The van der Waals surface area contributed by atoms with Gasteiger partial charge in [0.25, 0.3) is 0 Å². The maximum absolute atomic E-state index is 6.07. The van der Waals surface area contributed by atoms with Gasteiger partial charge in [0.2, 0.25) is 5.16 Å². The minimum Gasteiger partial charge on any atom is -0.226 e. The number of rotatable bonds is 5. The molecule has 0 atom stereocenters. The van der Waals surface area contributed by atoms with Gasteiger partial charge in [0.05, 0.1) is 6.04 Å². The van der Waals surface area contributed by atoms with Gasteiger partial charge in [0, 0.05) is 12.5 Å². The second-order valence-corrected chi connectivity index (χ2v) is 6.52. The van der Waals surface area contributed by atoms with Crippen molar-refractivity contribution in [1.29, 1.82) is 0 Å². The summed E-state index contributed by atoms with van der Waals surface area (Å²) in [6.07, 6.45) is 6.59. The predicted molar refractivity (Wildman–Crippen MR) is 80.5 cm³/mol. The summed E-state index contributed by atoms with van der Waals surface area (Å²) in [5, 5.41) is 14.1. The fraction of sp³-hybridized carbons (Fsp3) is 0.615. The molecule has 21 heavy (non-hydrogen) atoms. The van der Waals surface area contributed by atoms with E-state index < -0.39 is 0 Å². The summed E-state index contributed by atoms with van der Waals surface area (Å²) in [4.78, 5) is 8.76. The van der Waals surface area contributed by atoms with Gasteiger partial charge in [-0.25, -0.2) is 14.6 Å². The summed E-state index contributed by atoms with van der Waals surface area (Å²) in [7, 11) is 0. The van der Waals surface area contributed by atoms with Gasteiger partial charge in [-0.15, -0.1) is 5.10 Å². The fourth-order valence-corrected chi connectivity index (χ4v) is 3.68. The van der Waals surface area contributed by atoms with Crippen LogP contribution in [0.4, 0.5) is 0 Å². The number of nitrogens with zero attached hydrogens (tertiary/aromatic N) is 6. The Hall–Kier alpha value is -1.21. The number of hydrogen-bond acceptors (Lipinski definition) is 6. The molecule has 0 bridgehead atoms. The highest BCUT2D eigenvalue weighted by Gasteiger charge is 2.22. The fourth-order valence-electron chi connectivity index (χ4n) is 2.55. The molecule has 8 heteroatoms. The van der Waals surface area contributed by atoms with Gasteiger partial charge >= 0.3 is 0 Å². The van der Waals surface area contributed by atoms with Gasteiger partial charge in [-0.1, -0.05) is 31.4 Å². The van der Waals surface area contributed by atoms with Crippen molar-refractivity contribution < 1.29 is 0 Å². The van der Waals surface area contributed by atoms with E-state index in [4.69, 9.17) is 11.6 Å². The molecule has 0 radical (unpaired) electrons. The molecule has 1 aliphatic carbocycles. The highest BCUT2D eigenvalue weighted by molar-refractivity contribution is 7.99. The van der Waals surface area contributed by atoms with Crippen LogP contribution in [0.1, 0.15) is 50.9 Å². The molecule has 0 aliphatic heterocycles. The zero-order valence-electron chi connectivity index (χ0n) is 11.9. The molecule has 0 N–H and O–H groups in total. The Morgan fingerprint density at radius 3 is 2.90 bits per heavy atom. The van der Waals surface area contributed by atoms with Crippen LogP contribution in [0.15, 0.2) is 16.2 Å². The van der Waals surface area contributed by atoms with Crippen molar-refractivity contribution in [3.8, 4) is 0 Å². The van der Waals surface area contributed by atoms with Crippen LogP contribution >= 0.6 is 23.4 Å². The molecule has 0 saturated heterocycles. The highest BCUT2D eigenvalue weighted by Crippen LogP contribution is 2.33. The summed E-state index contributed by atoms with van der Waals surface area (Å²) < 4.78 is 1.92. The molecule has 6 nitrogen and oxygen atoms in total. The van der Waals surface area contributed by atoms with E-state index in [1.165, 1.54) is 24.6 Å². The van der Waals surface area contributed by atoms with Crippen molar-refractivity contribution in [3.63, 3.8) is 0 Å². The lowest BCUT2D eigenvalue weighted by Gasteiger charge is -2.10. The molecule has 3 rings (SSSR count). The molecule has 1 saturated carbocycles. The predicted octanol–water partition coefficient (Wildman–Crippen LogP) is 3.34. The lowest BCUT2D eigenvalue weighted by Crippen LogP contribution is -2.08. The molecular formula is C13H17ClN6S. The van der Waals surface area contributed by atoms with E-state index in [0.29, 0.717) is 11.2 Å². The average molecular weight is 325 g/mol. The Balaban J connectivity index is 1.82. The number of aryl methyl sites for hydroxylation is 1. The van der Waals surface area contributed by atoms with Gasteiger partial charge in [0.15, 0.2) is 0 Å². The molecule has 0 unspecified atom stereocenters. The van der Waals surface area contributed by atoms with Crippen molar-refractivity contribution in [2.75, 3.05) is 0 Å². The normalized spacial score (nSPS) is 15.7. The van der Waals surface area contributed by atoms with Crippen molar-refractivity contribution in [2.24, 2.45) is 0 Å². The van der Waals surface area contributed by atoms with E-state index in [9.17, 15) is 0 Å². The van der Waals surface area contributed by atoms with Crippen molar-refractivity contribution in [2.45, 2.75) is 61.7 Å². The lowest BCUT2D eigenvalue weighted by atomic mass is 10.3. The minimum atomic E-state index is 0.412. The Bertz CT molecular complexity index is 610. The third-order valence-electron chi connectivity index (χ3n) is 3.52. The number of halogens is 1. The topological polar surface area (TPSA) is 69.4 Å². The molecule has 1 aliphatic rings. The first-order valence-electron chi connectivity index (χ1n) is 7.25. The Kier molecular flexibility index (Phi) is 4.70. The summed E-state index contributed by atoms with van der Waals surface area (Å²) in [6, 6.07) is 2.17. The summed E-state index contributed by atoms with van der Waals surface area (Å²) in [5.41, 5.74) is 0. The van der Waals surface area contributed by atoms with Gasteiger partial charge in [-0.2, -0.15) is 0 Å². The lowest BCUT2D eigenvalue weighted by molar-refractivity contribution is 0.423. The minimum absolute atomic E-state index is 0.412. The second-order valence-electron chi connectivity index (χ2n) is 5.14. The second kappa shape index (κ2) is 6.70. The first-order valence-corrected chi connectivity index (χ1v) is 8.45. The Labute approximate surface area is 132 Å². The molecule has 0 amide bonds. The molecule has 0 spiro atoms. The molecule has 1 fully saturated rings. The molecule has 2 aromatic heterocycles. The van der Waals surface area contributed by atoms with Gasteiger partial charge < -0.3 is 0 Å². The number of aromatic nitrogens is 6. The van der Waals surface area contributed by atoms with Crippen molar-refractivity contribution in [1.82, 2.24) is 30.2 Å². The molecule has 2 heterocycles. The van der Waals surface area contributed by atoms with Crippen LogP contribution in [-0.4, -0.2) is 30.2 Å². The molecule has 0 aromatic carbocycles. The van der Waals surface area contributed by atoms with Crippen LogP contribution in [0.5, 0.6) is 0 Å². The smallest absolute Gasteiger partial charge is 0.215 e. The van der Waals surface area contributed by atoms with E-state index in [0.717, 1.165) is 41.7 Å². The monoisotopic (exact) mass is 324 g/mol. The van der Waals surface area contributed by atoms with E-state index in [2.05, 4.69) is 32.4 Å². The molecule has 112 valence electrons. The SMILES string of the molecule is CCCc1nc(Cl)cc(Sc2nnnn2C2CCCC2)n1. The van der Waals surface area contributed by atoms with Gasteiger partial charge in [-0.3, -0.25) is 0 Å². The molecular weight excluding hydrogens is 308 g/mol. The standard InChI is InChI=1S/C13H17ClN6S/c1-2-5-11-15-10(14)8-12(16-11)21-13-17-18-19-20(13)9-6-3-4-7-9/h8-9H,2-7H2,1H3. The number of hydrogen-bond donors (Lipinski definition) is 0. The first-order chi connectivity index (χ1) is 10.3. The van der Waals surface area contributed by atoms with Crippen LogP contribution in [-0.2, 0) is 6.42 Å². The molecule has 2 aromatic rings. The quantitative estimate of drug-likeness (QED) is 0.786. The summed E-state index contributed by atoms with van der Waals surface area (Å²) >= 11 is 7.52. The highest BCUT2D eigenvalue weighted by atomic mass is 35.5. The summed E-state index contributed by atoms with van der Waals surface area (Å²) in [6.45, 7) is 2.09. The van der Waals surface area contributed by atoms with Crippen LogP contribution in [0.2, 0.25) is 5.15 Å². The maximum Gasteiger partial charge on any atom is 0.215 e. The van der Waals surface area contributed by atoms with Crippen LogP contribution in [0, 0.1) is 0 Å². The maximum atomic E-state index is 6.07. The third kappa shape index (κ3) is 3.52. The van der Waals surface area contributed by atoms with E-state index >= 15 is 0 Å². The van der Waals surface area contributed by atoms with Crippen LogP contribution in [0.3, 0.4) is 0 Å². The van der Waals surface area contributed by atoms with Crippen LogP contribution in [0.25, 0.3) is 0 Å². The first kappa shape index (κ1) is 14.7. The van der Waals surface area contributed by atoms with E-state index in [1.54, 1.807) is 6.07 Å². The van der Waals surface area contributed by atoms with Gasteiger partial charge in [0.1, 0.15) is 16.0 Å². The Morgan fingerprint density at radius 1 is 1.33 bits per heavy atom. The largest absolute Gasteiger partial charge is 0.226 e. The van der Waals surface area contributed by atoms with E-state index in [-0.39, 0.29) is 0 Å². The van der Waals surface area contributed by atoms with Crippen molar-refractivity contribution in [3.05, 3.63) is 17.0 Å². The third-order valence-corrected chi connectivity index (χ3v) is 4.58. The Morgan fingerprint density at radius 2 is 2.14 bits per heavy atom. The zero-order chi connectivity index (χ0) is 14.7. The zero-order valence-corrected chi connectivity index (χ0v) is 13.4. The van der Waals surface area contributed by atoms with Crippen molar-refractivity contribution >= 4 is 23.4 Å². The average Bonchev–Trinajstić information content (AvgIpc) is 3.08. The van der Waals surface area contributed by atoms with Crippen LogP contribution < -0.4 is 0 Å². The van der Waals surface area contributed by atoms with Gasteiger partial charge in [-0.05, 0) is 41.5 Å². The summed E-state index contributed by atoms with van der Waals surface area (Å²) in [5.74, 6) is 0.771.